The van der Waals surface area contributed by atoms with E-state index in [4.69, 9.17) is 4.74 Å². The van der Waals surface area contributed by atoms with Gasteiger partial charge in [0.15, 0.2) is 0 Å². The predicted octanol–water partition coefficient (Wildman–Crippen LogP) is 7.61. The molecule has 0 heterocycles. The number of phenols is 1. The Bertz CT molecular complexity index is 1860. The Hall–Kier alpha value is -5.26. The maximum Gasteiger partial charge on any atom is 0.229 e. The molecule has 7 nitrogen and oxygen atoms in total. The Balaban J connectivity index is 1.38. The molecule has 5 aromatic rings. The molecule has 0 saturated heterocycles. The average Bonchev–Trinajstić information content (AvgIpc) is 2.99. The highest BCUT2D eigenvalue weighted by Gasteiger charge is 2.15. The second-order valence-corrected chi connectivity index (χ2v) is 12.1. The zero-order valence-electron chi connectivity index (χ0n) is 23.9. The molecule has 0 saturated carbocycles. The monoisotopic (exact) mass is 589 g/mol. The van der Waals surface area contributed by atoms with Crippen molar-refractivity contribution in [2.75, 3.05) is 15.9 Å². The van der Waals surface area contributed by atoms with E-state index in [0.717, 1.165) is 39.8 Å². The first-order chi connectivity index (χ1) is 20.7. The van der Waals surface area contributed by atoms with Crippen LogP contribution in [0.1, 0.15) is 22.3 Å². The number of anilines is 2. The standard InChI is InChI=1S/C35H31N3O4S/c1-25-34(37-43(2,40)41)7-4-8-35(25)38(23-27-11-9-26(22-36)10-12-27)24-28-13-19-32(20-14-28)42-33-6-3-5-30(21-33)29-15-17-31(39)18-16-29/h3-21,37,39H,23-24H2,1-2H3. The smallest absolute Gasteiger partial charge is 0.229 e. The van der Waals surface area contributed by atoms with E-state index in [9.17, 15) is 18.8 Å². The largest absolute Gasteiger partial charge is 0.508 e. The van der Waals surface area contributed by atoms with Crippen LogP contribution in [0, 0.1) is 18.3 Å². The van der Waals surface area contributed by atoms with Crippen molar-refractivity contribution in [3.8, 4) is 34.4 Å². The number of phenolic OH excluding ortho intramolecular Hbond substituents is 1. The average molecular weight is 590 g/mol. The van der Waals surface area contributed by atoms with Crippen LogP contribution in [-0.4, -0.2) is 19.8 Å². The minimum Gasteiger partial charge on any atom is -0.508 e. The topological polar surface area (TPSA) is 103 Å². The summed E-state index contributed by atoms with van der Waals surface area (Å²) in [5.41, 5.74) is 6.85. The van der Waals surface area contributed by atoms with Gasteiger partial charge in [-0.15, -0.1) is 0 Å². The van der Waals surface area contributed by atoms with Crippen LogP contribution in [0.3, 0.4) is 0 Å². The predicted molar refractivity (Wildman–Crippen MR) is 171 cm³/mol. The minimum absolute atomic E-state index is 0.222. The highest BCUT2D eigenvalue weighted by atomic mass is 32.2. The molecule has 0 bridgehead atoms. The molecule has 8 heteroatoms. The first-order valence-electron chi connectivity index (χ1n) is 13.6. The molecule has 0 fully saturated rings. The number of nitrogens with zero attached hydrogens (tertiary/aromatic N) is 2. The van der Waals surface area contributed by atoms with Crippen LogP contribution in [0.25, 0.3) is 11.1 Å². The SMILES string of the molecule is Cc1c(NS(C)(=O)=O)cccc1N(Cc1ccc(C#N)cc1)Cc1ccc(Oc2cccc(-c3ccc(O)cc3)c2)cc1. The molecule has 0 radical (unpaired) electrons. The van der Waals surface area contributed by atoms with Gasteiger partial charge < -0.3 is 14.7 Å². The number of aromatic hydroxyl groups is 1. The Kier molecular flexibility index (Phi) is 8.65. The van der Waals surface area contributed by atoms with Gasteiger partial charge in [-0.3, -0.25) is 4.72 Å². The minimum atomic E-state index is -3.44. The number of ether oxygens (including phenoxy) is 1. The van der Waals surface area contributed by atoms with Crippen molar-refractivity contribution < 1.29 is 18.3 Å². The van der Waals surface area contributed by atoms with Crippen LogP contribution in [0.5, 0.6) is 17.2 Å². The van der Waals surface area contributed by atoms with E-state index in [1.807, 2.05) is 91.9 Å². The quantitative estimate of drug-likeness (QED) is 0.174. The van der Waals surface area contributed by atoms with Gasteiger partial charge in [-0.1, -0.05) is 54.6 Å². The fourth-order valence-corrected chi connectivity index (χ4v) is 5.44. The van der Waals surface area contributed by atoms with Crippen molar-refractivity contribution >= 4 is 21.4 Å². The molecule has 5 rings (SSSR count). The van der Waals surface area contributed by atoms with E-state index in [0.29, 0.717) is 35.8 Å². The molecular weight excluding hydrogens is 558 g/mol. The Morgan fingerprint density at radius 2 is 1.42 bits per heavy atom. The van der Waals surface area contributed by atoms with Gasteiger partial charge in [-0.25, -0.2) is 8.42 Å². The number of hydrogen-bond acceptors (Lipinski definition) is 6. The van der Waals surface area contributed by atoms with Gasteiger partial charge in [0.25, 0.3) is 0 Å². The first-order valence-corrected chi connectivity index (χ1v) is 15.5. The molecular formula is C35H31N3O4S. The summed E-state index contributed by atoms with van der Waals surface area (Å²) in [4.78, 5) is 2.18. The Labute approximate surface area is 252 Å². The van der Waals surface area contributed by atoms with Gasteiger partial charge in [0.1, 0.15) is 17.2 Å². The molecule has 0 aromatic heterocycles. The highest BCUT2D eigenvalue weighted by molar-refractivity contribution is 7.92. The summed E-state index contributed by atoms with van der Waals surface area (Å²) >= 11 is 0. The third-order valence-electron chi connectivity index (χ3n) is 6.96. The summed E-state index contributed by atoms with van der Waals surface area (Å²) in [6.07, 6.45) is 1.14. The summed E-state index contributed by atoms with van der Waals surface area (Å²) in [5.74, 6) is 1.62. The number of rotatable bonds is 10. The van der Waals surface area contributed by atoms with E-state index in [-0.39, 0.29) is 5.75 Å². The van der Waals surface area contributed by atoms with Gasteiger partial charge in [0.05, 0.1) is 23.6 Å². The van der Waals surface area contributed by atoms with E-state index >= 15 is 0 Å². The molecule has 0 unspecified atom stereocenters. The van der Waals surface area contributed by atoms with Crippen LogP contribution in [0.4, 0.5) is 11.4 Å². The number of benzene rings is 5. The zero-order chi connectivity index (χ0) is 30.4. The Morgan fingerprint density at radius 3 is 2.05 bits per heavy atom. The summed E-state index contributed by atoms with van der Waals surface area (Å²) in [7, 11) is -3.44. The van der Waals surface area contributed by atoms with Crippen LogP contribution < -0.4 is 14.4 Å². The maximum absolute atomic E-state index is 12.0. The third kappa shape index (κ3) is 7.73. The highest BCUT2D eigenvalue weighted by Crippen LogP contribution is 2.32. The van der Waals surface area contributed by atoms with Crippen LogP contribution in [0.2, 0.25) is 0 Å². The van der Waals surface area contributed by atoms with Crippen molar-refractivity contribution in [3.63, 3.8) is 0 Å². The first kappa shape index (κ1) is 29.2. The van der Waals surface area contributed by atoms with Gasteiger partial charge in [-0.2, -0.15) is 5.26 Å². The van der Waals surface area contributed by atoms with Crippen LogP contribution >= 0.6 is 0 Å². The van der Waals surface area contributed by atoms with Gasteiger partial charge >= 0.3 is 0 Å². The van der Waals surface area contributed by atoms with E-state index in [1.54, 1.807) is 30.3 Å². The molecule has 0 aliphatic carbocycles. The molecule has 0 aliphatic rings. The van der Waals surface area contributed by atoms with Gasteiger partial charge in [0, 0.05) is 18.8 Å². The molecule has 0 amide bonds. The van der Waals surface area contributed by atoms with Crippen molar-refractivity contribution in [1.82, 2.24) is 0 Å². The fourth-order valence-electron chi connectivity index (χ4n) is 4.82. The number of sulfonamides is 1. The van der Waals surface area contributed by atoms with Crippen molar-refractivity contribution in [2.45, 2.75) is 20.0 Å². The van der Waals surface area contributed by atoms with Crippen molar-refractivity contribution in [2.24, 2.45) is 0 Å². The number of hydrogen-bond donors (Lipinski definition) is 2. The van der Waals surface area contributed by atoms with Crippen molar-refractivity contribution in [3.05, 3.63) is 138 Å². The molecule has 43 heavy (non-hydrogen) atoms. The lowest BCUT2D eigenvalue weighted by atomic mass is 10.1. The molecule has 5 aromatic carbocycles. The Morgan fingerprint density at radius 1 is 0.791 bits per heavy atom. The normalized spacial score (nSPS) is 11.0. The van der Waals surface area contributed by atoms with E-state index < -0.39 is 10.0 Å². The maximum atomic E-state index is 12.0. The molecule has 216 valence electrons. The molecule has 0 atom stereocenters. The summed E-state index contributed by atoms with van der Waals surface area (Å²) < 4.78 is 32.7. The summed E-state index contributed by atoms with van der Waals surface area (Å²) in [6, 6.07) is 37.9. The fraction of sp³-hybridized carbons (Fsp3) is 0.114. The lowest BCUT2D eigenvalue weighted by Crippen LogP contribution is -2.23. The molecule has 0 spiro atoms. The lowest BCUT2D eigenvalue weighted by molar-refractivity contribution is 0.475. The van der Waals surface area contributed by atoms with Gasteiger partial charge in [0.2, 0.25) is 10.0 Å². The third-order valence-corrected chi connectivity index (χ3v) is 7.56. The lowest BCUT2D eigenvalue weighted by Gasteiger charge is -2.28. The number of nitrogens with one attached hydrogen (secondary N) is 1. The second-order valence-electron chi connectivity index (χ2n) is 10.3. The number of nitriles is 1. The van der Waals surface area contributed by atoms with E-state index in [2.05, 4.69) is 15.7 Å². The zero-order valence-corrected chi connectivity index (χ0v) is 24.7. The van der Waals surface area contributed by atoms with Gasteiger partial charge in [-0.05, 0) is 95.4 Å². The summed E-state index contributed by atoms with van der Waals surface area (Å²) in [5, 5.41) is 18.8. The van der Waals surface area contributed by atoms with E-state index in [1.165, 1.54) is 0 Å². The summed E-state index contributed by atoms with van der Waals surface area (Å²) in [6.45, 7) is 3.01. The molecule has 2 N–H and O–H groups in total. The van der Waals surface area contributed by atoms with Crippen LogP contribution in [0.15, 0.2) is 115 Å². The van der Waals surface area contributed by atoms with Crippen molar-refractivity contribution in [1.29, 1.82) is 5.26 Å². The molecule has 0 aliphatic heterocycles. The van der Waals surface area contributed by atoms with Crippen LogP contribution in [-0.2, 0) is 23.1 Å². The second kappa shape index (κ2) is 12.7.